The molecule has 1 aromatic rings. The molecule has 0 aliphatic carbocycles. The normalized spacial score (nSPS) is 10.6. The Hall–Kier alpha value is -1.14. The van der Waals surface area contributed by atoms with E-state index in [2.05, 4.69) is 22.1 Å². The van der Waals surface area contributed by atoms with Crippen molar-refractivity contribution in [2.24, 2.45) is 0 Å². The number of esters is 1. The van der Waals surface area contributed by atoms with Crippen molar-refractivity contribution < 1.29 is 23.0 Å². The van der Waals surface area contributed by atoms with Crippen molar-refractivity contribution >= 4 is 18.6 Å². The second kappa shape index (κ2) is 5.81. The van der Waals surface area contributed by atoms with E-state index in [0.717, 1.165) is 0 Å². The third-order valence-corrected chi connectivity index (χ3v) is 2.03. The molecular formula is C10H10F2O3S. The molecule has 0 aliphatic rings. The lowest BCUT2D eigenvalue weighted by Gasteiger charge is -2.06. The van der Waals surface area contributed by atoms with Crippen LogP contribution < -0.4 is 0 Å². The summed E-state index contributed by atoms with van der Waals surface area (Å²) in [4.78, 5) is 11.7. The minimum absolute atomic E-state index is 0.253. The number of ether oxygens (including phenoxy) is 2. The largest absolute Gasteiger partial charge is 0.465 e. The maximum absolute atomic E-state index is 11.8. The second-order valence-electron chi connectivity index (χ2n) is 2.95. The van der Waals surface area contributed by atoms with Gasteiger partial charge in [0.1, 0.15) is 0 Å². The van der Waals surface area contributed by atoms with Gasteiger partial charge in [0.2, 0.25) is 0 Å². The zero-order valence-corrected chi connectivity index (χ0v) is 9.34. The molecule has 0 N–H and O–H groups in total. The van der Waals surface area contributed by atoms with Crippen molar-refractivity contribution in [3.05, 3.63) is 29.3 Å². The summed E-state index contributed by atoms with van der Waals surface area (Å²) in [6.07, 6.45) is 0. The van der Waals surface area contributed by atoms with Crippen LogP contribution in [0.3, 0.4) is 0 Å². The second-order valence-corrected chi connectivity index (χ2v) is 3.47. The van der Waals surface area contributed by atoms with Crippen molar-refractivity contribution in [2.45, 2.75) is 18.1 Å². The van der Waals surface area contributed by atoms with Crippen LogP contribution in [0.2, 0.25) is 0 Å². The van der Waals surface area contributed by atoms with Gasteiger partial charge in [0, 0.05) is 4.90 Å². The van der Waals surface area contributed by atoms with Gasteiger partial charge < -0.3 is 9.47 Å². The van der Waals surface area contributed by atoms with Gasteiger partial charge in [-0.15, -0.1) is 12.6 Å². The summed E-state index contributed by atoms with van der Waals surface area (Å²) in [5.74, 6) is -0.547. The molecule has 0 aliphatic heterocycles. The Morgan fingerprint density at radius 2 is 2.12 bits per heavy atom. The van der Waals surface area contributed by atoms with E-state index in [1.807, 2.05) is 0 Å². The first-order chi connectivity index (χ1) is 7.52. The predicted octanol–water partition coefficient (Wildman–Crippen LogP) is 2.50. The Morgan fingerprint density at radius 1 is 1.44 bits per heavy atom. The van der Waals surface area contributed by atoms with Gasteiger partial charge in [-0.2, -0.15) is 8.78 Å². The standard InChI is InChI=1S/C10H10F2O3S/c1-14-9(13)7-2-6(3-8(16)4-7)5-15-10(11)12/h2-4,10,16H,5H2,1H3. The number of hydrogen-bond acceptors (Lipinski definition) is 4. The van der Waals surface area contributed by atoms with Crippen LogP contribution in [0.5, 0.6) is 0 Å². The average Bonchev–Trinajstić information content (AvgIpc) is 2.24. The van der Waals surface area contributed by atoms with Crippen LogP contribution in [0.4, 0.5) is 8.78 Å². The minimum atomic E-state index is -2.84. The zero-order valence-electron chi connectivity index (χ0n) is 8.44. The van der Waals surface area contributed by atoms with Crippen LogP contribution >= 0.6 is 12.6 Å². The van der Waals surface area contributed by atoms with Crippen molar-refractivity contribution in [1.29, 1.82) is 0 Å². The van der Waals surface area contributed by atoms with Gasteiger partial charge in [-0.05, 0) is 23.8 Å². The van der Waals surface area contributed by atoms with E-state index in [9.17, 15) is 13.6 Å². The fourth-order valence-corrected chi connectivity index (χ4v) is 1.46. The molecule has 0 radical (unpaired) electrons. The highest BCUT2D eigenvalue weighted by molar-refractivity contribution is 7.80. The highest BCUT2D eigenvalue weighted by atomic mass is 32.1. The smallest absolute Gasteiger partial charge is 0.345 e. The molecule has 3 nitrogen and oxygen atoms in total. The number of benzene rings is 1. The maximum atomic E-state index is 11.8. The van der Waals surface area contributed by atoms with Gasteiger partial charge in [-0.3, -0.25) is 0 Å². The minimum Gasteiger partial charge on any atom is -0.465 e. The molecule has 0 saturated carbocycles. The highest BCUT2D eigenvalue weighted by Gasteiger charge is 2.09. The van der Waals surface area contributed by atoms with Crippen LogP contribution in [0, 0.1) is 0 Å². The fraction of sp³-hybridized carbons (Fsp3) is 0.300. The molecule has 0 aromatic heterocycles. The number of halogens is 2. The van der Waals surface area contributed by atoms with E-state index in [1.54, 1.807) is 0 Å². The van der Waals surface area contributed by atoms with Crippen LogP contribution in [-0.4, -0.2) is 19.7 Å². The molecule has 0 bridgehead atoms. The van der Waals surface area contributed by atoms with Gasteiger partial charge in [0.25, 0.3) is 0 Å². The third-order valence-electron chi connectivity index (χ3n) is 1.77. The molecule has 6 heteroatoms. The summed E-state index contributed by atoms with van der Waals surface area (Å²) < 4.78 is 32.3. The Kier molecular flexibility index (Phi) is 4.70. The van der Waals surface area contributed by atoms with Crippen LogP contribution in [-0.2, 0) is 16.1 Å². The van der Waals surface area contributed by atoms with Gasteiger partial charge in [-0.1, -0.05) is 0 Å². The molecule has 1 aromatic carbocycles. The Balaban J connectivity index is 2.85. The summed E-state index contributed by atoms with van der Waals surface area (Å²) in [5.41, 5.74) is 0.691. The van der Waals surface area contributed by atoms with E-state index in [0.29, 0.717) is 10.5 Å². The summed E-state index contributed by atoms with van der Waals surface area (Å²) in [6.45, 7) is -3.12. The number of rotatable bonds is 4. The lowest BCUT2D eigenvalue weighted by molar-refractivity contribution is -0.137. The first kappa shape index (κ1) is 12.9. The molecule has 0 saturated heterocycles. The van der Waals surface area contributed by atoms with Crippen LogP contribution in [0.1, 0.15) is 15.9 Å². The topological polar surface area (TPSA) is 35.5 Å². The van der Waals surface area contributed by atoms with Crippen molar-refractivity contribution in [3.8, 4) is 0 Å². The molecule has 0 heterocycles. The number of hydrogen-bond donors (Lipinski definition) is 1. The number of alkyl halides is 2. The summed E-state index contributed by atoms with van der Waals surface area (Å²) in [5, 5.41) is 0. The number of carbonyl (C=O) groups is 1. The fourth-order valence-electron chi connectivity index (χ4n) is 1.15. The van der Waals surface area contributed by atoms with Crippen molar-refractivity contribution in [2.75, 3.05) is 7.11 Å². The first-order valence-corrected chi connectivity index (χ1v) is 4.78. The monoisotopic (exact) mass is 248 g/mol. The highest BCUT2D eigenvalue weighted by Crippen LogP contribution is 2.16. The molecule has 16 heavy (non-hydrogen) atoms. The Bertz CT molecular complexity index is 382. The van der Waals surface area contributed by atoms with Gasteiger partial charge >= 0.3 is 12.6 Å². The summed E-state index contributed by atoms with van der Waals surface area (Å²) in [6, 6.07) is 4.45. The van der Waals surface area contributed by atoms with Crippen LogP contribution in [0.15, 0.2) is 23.1 Å². The van der Waals surface area contributed by atoms with E-state index < -0.39 is 12.6 Å². The maximum Gasteiger partial charge on any atom is 0.345 e. The van der Waals surface area contributed by atoms with Crippen molar-refractivity contribution in [3.63, 3.8) is 0 Å². The van der Waals surface area contributed by atoms with E-state index >= 15 is 0 Å². The molecule has 1 rings (SSSR count). The molecule has 0 amide bonds. The summed E-state index contributed by atoms with van der Waals surface area (Å²) >= 11 is 4.05. The molecular weight excluding hydrogens is 238 g/mol. The van der Waals surface area contributed by atoms with Gasteiger partial charge in [0.05, 0.1) is 19.3 Å². The first-order valence-electron chi connectivity index (χ1n) is 4.34. The zero-order chi connectivity index (χ0) is 12.1. The Morgan fingerprint density at radius 3 is 2.69 bits per heavy atom. The predicted molar refractivity (Wildman–Crippen MR) is 55.8 cm³/mol. The number of methoxy groups -OCH3 is 1. The average molecular weight is 248 g/mol. The van der Waals surface area contributed by atoms with E-state index in [1.165, 1.54) is 25.3 Å². The molecule has 0 fully saturated rings. The number of carbonyl (C=O) groups excluding carboxylic acids is 1. The molecule has 88 valence electrons. The lowest BCUT2D eigenvalue weighted by Crippen LogP contribution is -2.04. The SMILES string of the molecule is COC(=O)c1cc(S)cc(COC(F)F)c1. The van der Waals surface area contributed by atoms with Crippen LogP contribution in [0.25, 0.3) is 0 Å². The molecule has 0 atom stereocenters. The Labute approximate surface area is 96.8 Å². The quantitative estimate of drug-likeness (QED) is 0.657. The molecule has 0 spiro atoms. The van der Waals surface area contributed by atoms with Gasteiger partial charge in [0.15, 0.2) is 0 Å². The number of thiol groups is 1. The van der Waals surface area contributed by atoms with E-state index in [-0.39, 0.29) is 12.2 Å². The van der Waals surface area contributed by atoms with Gasteiger partial charge in [-0.25, -0.2) is 4.79 Å². The third kappa shape index (κ3) is 3.79. The van der Waals surface area contributed by atoms with E-state index in [4.69, 9.17) is 0 Å². The lowest BCUT2D eigenvalue weighted by atomic mass is 10.1. The summed E-state index contributed by atoms with van der Waals surface area (Å²) in [7, 11) is 1.24. The molecule has 0 unspecified atom stereocenters. The van der Waals surface area contributed by atoms with Crippen molar-refractivity contribution in [1.82, 2.24) is 0 Å².